The summed E-state index contributed by atoms with van der Waals surface area (Å²) in [7, 11) is 0. The van der Waals surface area contributed by atoms with E-state index >= 15 is 0 Å². The molecule has 1 saturated heterocycles. The number of nitrogens with zero attached hydrogens (tertiary/aromatic N) is 3. The highest BCUT2D eigenvalue weighted by atomic mass is 16.1. The number of nitrogens with one attached hydrogen (secondary N) is 2. The number of carbonyl (C=O) groups excluding carboxylic acids is 1. The standard InChI is InChI=1S/C20H23N5O/c1-13-10-14(2)23-20(22-13)25-9-3-4-16(12-25)19(26)24-17-6-5-15-7-8-21-18(15)11-17/h5-8,10-11,16,21H,3-4,9,12H2,1-2H3,(H,24,26)/t16-/m1/s1. The summed E-state index contributed by atoms with van der Waals surface area (Å²) in [5.41, 5.74) is 3.76. The van der Waals surface area contributed by atoms with Gasteiger partial charge in [-0.3, -0.25) is 4.79 Å². The first-order valence-corrected chi connectivity index (χ1v) is 9.04. The molecule has 4 rings (SSSR count). The second kappa shape index (κ2) is 6.78. The van der Waals surface area contributed by atoms with E-state index in [9.17, 15) is 4.79 Å². The third-order valence-electron chi connectivity index (χ3n) is 4.87. The zero-order chi connectivity index (χ0) is 18.1. The van der Waals surface area contributed by atoms with Gasteiger partial charge in [-0.2, -0.15) is 0 Å². The first-order valence-electron chi connectivity index (χ1n) is 9.04. The summed E-state index contributed by atoms with van der Waals surface area (Å²) in [6.07, 6.45) is 3.75. The molecule has 0 unspecified atom stereocenters. The molecule has 0 bridgehead atoms. The monoisotopic (exact) mass is 349 g/mol. The van der Waals surface area contributed by atoms with E-state index in [1.807, 2.05) is 50.4 Å². The van der Waals surface area contributed by atoms with Crippen LogP contribution in [0.15, 0.2) is 36.5 Å². The summed E-state index contributed by atoms with van der Waals surface area (Å²) >= 11 is 0. The lowest BCUT2D eigenvalue weighted by Crippen LogP contribution is -2.41. The Hall–Kier alpha value is -2.89. The molecule has 0 radical (unpaired) electrons. The van der Waals surface area contributed by atoms with Crippen LogP contribution in [0.5, 0.6) is 0 Å². The van der Waals surface area contributed by atoms with Crippen LogP contribution in [0.3, 0.4) is 0 Å². The summed E-state index contributed by atoms with van der Waals surface area (Å²) in [6.45, 7) is 5.49. The summed E-state index contributed by atoms with van der Waals surface area (Å²) in [5.74, 6) is 0.727. The van der Waals surface area contributed by atoms with Crippen molar-refractivity contribution in [1.82, 2.24) is 15.0 Å². The molecule has 1 atom stereocenters. The van der Waals surface area contributed by atoms with Crippen LogP contribution in [0, 0.1) is 19.8 Å². The van der Waals surface area contributed by atoms with E-state index in [2.05, 4.69) is 25.2 Å². The van der Waals surface area contributed by atoms with Crippen molar-refractivity contribution in [3.63, 3.8) is 0 Å². The van der Waals surface area contributed by atoms with Gasteiger partial charge in [-0.1, -0.05) is 6.07 Å². The van der Waals surface area contributed by atoms with Crippen LogP contribution in [-0.2, 0) is 4.79 Å². The maximum atomic E-state index is 12.8. The molecule has 3 heterocycles. The van der Waals surface area contributed by atoms with Crippen molar-refractivity contribution in [3.8, 4) is 0 Å². The number of fused-ring (bicyclic) bond motifs is 1. The smallest absolute Gasteiger partial charge is 0.229 e. The number of aryl methyl sites for hydroxylation is 2. The highest BCUT2D eigenvalue weighted by Crippen LogP contribution is 2.23. The van der Waals surface area contributed by atoms with E-state index in [0.717, 1.165) is 53.3 Å². The summed E-state index contributed by atoms with van der Waals surface area (Å²) in [6, 6.07) is 9.92. The minimum atomic E-state index is -0.0625. The molecule has 26 heavy (non-hydrogen) atoms. The van der Waals surface area contributed by atoms with Gasteiger partial charge < -0.3 is 15.2 Å². The van der Waals surface area contributed by atoms with Crippen LogP contribution < -0.4 is 10.2 Å². The van der Waals surface area contributed by atoms with Crippen molar-refractivity contribution in [2.45, 2.75) is 26.7 Å². The molecule has 0 aliphatic carbocycles. The number of anilines is 2. The zero-order valence-corrected chi connectivity index (χ0v) is 15.1. The highest BCUT2D eigenvalue weighted by Gasteiger charge is 2.27. The fourth-order valence-corrected chi connectivity index (χ4v) is 3.59. The average Bonchev–Trinajstić information content (AvgIpc) is 3.09. The molecule has 1 fully saturated rings. The Morgan fingerprint density at radius 3 is 2.81 bits per heavy atom. The Bertz CT molecular complexity index is 928. The van der Waals surface area contributed by atoms with Gasteiger partial charge in [-0.05, 0) is 56.3 Å². The molecule has 1 aliphatic heterocycles. The van der Waals surface area contributed by atoms with Gasteiger partial charge in [0.2, 0.25) is 11.9 Å². The number of rotatable bonds is 3. The SMILES string of the molecule is Cc1cc(C)nc(N2CCC[C@@H](C(=O)Nc3ccc4cc[nH]c4c3)C2)n1. The highest BCUT2D eigenvalue weighted by molar-refractivity contribution is 5.95. The second-order valence-corrected chi connectivity index (χ2v) is 7.00. The average molecular weight is 349 g/mol. The third-order valence-corrected chi connectivity index (χ3v) is 4.87. The number of amides is 1. The van der Waals surface area contributed by atoms with E-state index in [4.69, 9.17) is 0 Å². The Balaban J connectivity index is 1.47. The quantitative estimate of drug-likeness (QED) is 0.760. The van der Waals surface area contributed by atoms with Gasteiger partial charge in [0.1, 0.15) is 0 Å². The van der Waals surface area contributed by atoms with Gasteiger partial charge in [0.05, 0.1) is 5.92 Å². The number of benzene rings is 1. The normalized spacial score (nSPS) is 17.5. The molecular weight excluding hydrogens is 326 g/mol. The van der Waals surface area contributed by atoms with E-state index in [0.29, 0.717) is 6.54 Å². The van der Waals surface area contributed by atoms with Crippen LogP contribution in [0.1, 0.15) is 24.2 Å². The van der Waals surface area contributed by atoms with Crippen LogP contribution >= 0.6 is 0 Å². The van der Waals surface area contributed by atoms with Crippen molar-refractivity contribution in [2.24, 2.45) is 5.92 Å². The number of carbonyl (C=O) groups is 1. The van der Waals surface area contributed by atoms with Gasteiger partial charge in [0.15, 0.2) is 0 Å². The molecule has 134 valence electrons. The number of hydrogen-bond acceptors (Lipinski definition) is 4. The molecule has 3 aromatic rings. The van der Waals surface area contributed by atoms with Crippen molar-refractivity contribution in [3.05, 3.63) is 47.9 Å². The Labute approximate surface area is 152 Å². The molecule has 6 heteroatoms. The summed E-state index contributed by atoms with van der Waals surface area (Å²) in [4.78, 5) is 27.2. The molecule has 6 nitrogen and oxygen atoms in total. The van der Waals surface area contributed by atoms with Crippen molar-refractivity contribution >= 4 is 28.4 Å². The molecule has 2 aromatic heterocycles. The Morgan fingerprint density at radius 2 is 2.00 bits per heavy atom. The minimum absolute atomic E-state index is 0.0602. The first kappa shape index (κ1) is 16.6. The Kier molecular flexibility index (Phi) is 4.32. The molecular formula is C20H23N5O. The fourth-order valence-electron chi connectivity index (χ4n) is 3.59. The largest absolute Gasteiger partial charge is 0.361 e. The van der Waals surface area contributed by atoms with Crippen LogP contribution in [-0.4, -0.2) is 33.9 Å². The zero-order valence-electron chi connectivity index (χ0n) is 15.1. The summed E-state index contributed by atoms with van der Waals surface area (Å²) < 4.78 is 0. The van der Waals surface area contributed by atoms with E-state index in [1.165, 1.54) is 0 Å². The number of piperidine rings is 1. The predicted molar refractivity (Wildman–Crippen MR) is 103 cm³/mol. The maximum Gasteiger partial charge on any atom is 0.229 e. The van der Waals surface area contributed by atoms with Crippen LogP contribution in [0.2, 0.25) is 0 Å². The number of hydrogen-bond donors (Lipinski definition) is 2. The second-order valence-electron chi connectivity index (χ2n) is 7.00. The van der Waals surface area contributed by atoms with Gasteiger partial charge in [0.25, 0.3) is 0 Å². The van der Waals surface area contributed by atoms with Crippen molar-refractivity contribution in [1.29, 1.82) is 0 Å². The lowest BCUT2D eigenvalue weighted by Gasteiger charge is -2.32. The molecule has 1 aromatic carbocycles. The Morgan fingerprint density at radius 1 is 1.19 bits per heavy atom. The molecule has 0 saturated carbocycles. The van der Waals surface area contributed by atoms with Crippen molar-refractivity contribution in [2.75, 3.05) is 23.3 Å². The number of H-pyrrole nitrogens is 1. The molecule has 0 spiro atoms. The predicted octanol–water partition coefficient (Wildman–Crippen LogP) is 3.43. The van der Waals surface area contributed by atoms with Gasteiger partial charge in [-0.15, -0.1) is 0 Å². The molecule has 2 N–H and O–H groups in total. The van der Waals surface area contributed by atoms with Crippen LogP contribution in [0.25, 0.3) is 10.9 Å². The van der Waals surface area contributed by atoms with E-state index in [1.54, 1.807) is 0 Å². The number of aromatic nitrogens is 3. The van der Waals surface area contributed by atoms with Gasteiger partial charge in [-0.25, -0.2) is 9.97 Å². The topological polar surface area (TPSA) is 73.9 Å². The fraction of sp³-hybridized carbons (Fsp3) is 0.350. The lowest BCUT2D eigenvalue weighted by molar-refractivity contribution is -0.120. The maximum absolute atomic E-state index is 12.8. The van der Waals surface area contributed by atoms with Gasteiger partial charge in [0, 0.05) is 41.9 Å². The molecule has 1 aliphatic rings. The van der Waals surface area contributed by atoms with E-state index < -0.39 is 0 Å². The first-order chi connectivity index (χ1) is 12.6. The minimum Gasteiger partial charge on any atom is -0.361 e. The van der Waals surface area contributed by atoms with Crippen molar-refractivity contribution < 1.29 is 4.79 Å². The van der Waals surface area contributed by atoms with Crippen LogP contribution in [0.4, 0.5) is 11.6 Å². The summed E-state index contributed by atoms with van der Waals surface area (Å²) in [5, 5.41) is 4.20. The molecule has 1 amide bonds. The lowest BCUT2D eigenvalue weighted by atomic mass is 9.97. The third kappa shape index (κ3) is 3.40. The van der Waals surface area contributed by atoms with E-state index in [-0.39, 0.29) is 11.8 Å². The van der Waals surface area contributed by atoms with Gasteiger partial charge >= 0.3 is 0 Å². The number of aromatic amines is 1.